The predicted octanol–water partition coefficient (Wildman–Crippen LogP) is 0.824. The number of carbonyl (C=O) groups excluding carboxylic acids is 1. The molecule has 0 spiro atoms. The Morgan fingerprint density at radius 3 is 2.73 bits per heavy atom. The van der Waals surface area contributed by atoms with Crippen LogP contribution in [0, 0.1) is 0 Å². The number of ether oxygens (including phenoxy) is 1. The third kappa shape index (κ3) is 7.01. The van der Waals surface area contributed by atoms with Gasteiger partial charge >= 0.3 is 0 Å². The quantitative estimate of drug-likeness (QED) is 0.472. The second-order valence-corrected chi connectivity index (χ2v) is 6.26. The lowest BCUT2D eigenvalue weighted by Gasteiger charge is -2.26. The maximum absolute atomic E-state index is 12.1. The second kappa shape index (κ2) is 11.5. The summed E-state index contributed by atoms with van der Waals surface area (Å²) < 4.78 is 5.36. The number of hydrogen-bond acceptors (Lipinski definition) is 4. The molecule has 0 bridgehead atoms. The topological polar surface area (TPSA) is 78.0 Å². The number of nitrogens with zero attached hydrogens (tertiary/aromatic N) is 2. The molecule has 7 nitrogen and oxygen atoms in total. The van der Waals surface area contributed by atoms with E-state index in [1.165, 1.54) is 0 Å². The molecule has 1 fully saturated rings. The Morgan fingerprint density at radius 1 is 1.19 bits per heavy atom. The van der Waals surface area contributed by atoms with Gasteiger partial charge in [0.2, 0.25) is 0 Å². The van der Waals surface area contributed by atoms with Crippen LogP contribution in [0.1, 0.15) is 29.3 Å². The molecule has 0 radical (unpaired) electrons. The largest absolute Gasteiger partial charge is 0.379 e. The molecule has 0 aromatic heterocycles. The normalized spacial score (nSPS) is 15.5. The number of guanidine groups is 1. The third-order valence-electron chi connectivity index (χ3n) is 4.23. The van der Waals surface area contributed by atoms with Gasteiger partial charge in [0, 0.05) is 51.9 Å². The lowest BCUT2D eigenvalue weighted by Crippen LogP contribution is -2.44. The van der Waals surface area contributed by atoms with Crippen molar-refractivity contribution in [1.82, 2.24) is 20.9 Å². The van der Waals surface area contributed by atoms with Gasteiger partial charge in [0.15, 0.2) is 5.96 Å². The highest BCUT2D eigenvalue weighted by molar-refractivity contribution is 5.94. The summed E-state index contributed by atoms with van der Waals surface area (Å²) in [5.41, 5.74) is 1.73. The number of nitrogens with one attached hydrogen (secondary N) is 3. The summed E-state index contributed by atoms with van der Waals surface area (Å²) in [4.78, 5) is 18.7. The van der Waals surface area contributed by atoms with Gasteiger partial charge in [0.1, 0.15) is 0 Å². The zero-order chi connectivity index (χ0) is 18.6. The molecule has 26 heavy (non-hydrogen) atoms. The van der Waals surface area contributed by atoms with E-state index in [0.29, 0.717) is 18.7 Å². The van der Waals surface area contributed by atoms with E-state index in [2.05, 4.69) is 25.8 Å². The monoisotopic (exact) mass is 361 g/mol. The van der Waals surface area contributed by atoms with Crippen molar-refractivity contribution in [1.29, 1.82) is 0 Å². The molecule has 2 rings (SSSR count). The Morgan fingerprint density at radius 2 is 2.00 bits per heavy atom. The van der Waals surface area contributed by atoms with Crippen LogP contribution in [0.3, 0.4) is 0 Å². The van der Waals surface area contributed by atoms with Crippen molar-refractivity contribution in [2.45, 2.75) is 19.9 Å². The summed E-state index contributed by atoms with van der Waals surface area (Å²) in [6, 6.07) is 7.67. The van der Waals surface area contributed by atoms with Crippen LogP contribution < -0.4 is 16.0 Å². The summed E-state index contributed by atoms with van der Waals surface area (Å²) >= 11 is 0. The van der Waals surface area contributed by atoms with E-state index in [9.17, 15) is 4.79 Å². The standard InChI is InChI=1S/C19H31N5O2/c1-3-7-21-18(25)17-6-4-5-16(14-17)15-23-19(20-2)22-8-9-24-10-12-26-13-11-24/h4-6,14H,3,7-13,15H2,1-2H3,(H,21,25)(H2,20,22,23). The molecule has 144 valence electrons. The minimum Gasteiger partial charge on any atom is -0.379 e. The number of benzene rings is 1. The fraction of sp³-hybridized carbons (Fsp3) is 0.579. The van der Waals surface area contributed by atoms with E-state index in [1.54, 1.807) is 7.05 Å². The van der Waals surface area contributed by atoms with Crippen molar-refractivity contribution in [3.63, 3.8) is 0 Å². The molecular formula is C19H31N5O2. The molecule has 7 heteroatoms. The molecule has 0 atom stereocenters. The minimum atomic E-state index is -0.0262. The number of hydrogen-bond donors (Lipinski definition) is 3. The molecule has 1 aromatic rings. The highest BCUT2D eigenvalue weighted by Crippen LogP contribution is 2.05. The van der Waals surface area contributed by atoms with E-state index in [-0.39, 0.29) is 5.91 Å². The second-order valence-electron chi connectivity index (χ2n) is 6.26. The summed E-state index contributed by atoms with van der Waals surface area (Å²) in [5.74, 6) is 0.737. The number of amides is 1. The average molecular weight is 361 g/mol. The van der Waals surface area contributed by atoms with Crippen LogP contribution in [0.25, 0.3) is 0 Å². The van der Waals surface area contributed by atoms with Crippen LogP contribution in [0.2, 0.25) is 0 Å². The van der Waals surface area contributed by atoms with Crippen molar-refractivity contribution in [3.05, 3.63) is 35.4 Å². The molecule has 1 aliphatic rings. The van der Waals surface area contributed by atoms with Gasteiger partial charge in [0.25, 0.3) is 5.91 Å². The fourth-order valence-corrected chi connectivity index (χ4v) is 2.73. The van der Waals surface area contributed by atoms with E-state index < -0.39 is 0 Å². The van der Waals surface area contributed by atoms with Crippen LogP contribution in [-0.4, -0.2) is 69.8 Å². The number of rotatable bonds is 8. The van der Waals surface area contributed by atoms with Gasteiger partial charge in [-0.15, -0.1) is 0 Å². The summed E-state index contributed by atoms with van der Waals surface area (Å²) in [6.07, 6.45) is 0.930. The van der Waals surface area contributed by atoms with Crippen LogP contribution in [0.15, 0.2) is 29.3 Å². The molecule has 1 aliphatic heterocycles. The molecule has 0 unspecified atom stereocenters. The molecule has 1 heterocycles. The summed E-state index contributed by atoms with van der Waals surface area (Å²) in [6.45, 7) is 8.76. The Kier molecular flexibility index (Phi) is 8.92. The third-order valence-corrected chi connectivity index (χ3v) is 4.23. The Balaban J connectivity index is 1.75. The smallest absolute Gasteiger partial charge is 0.251 e. The average Bonchev–Trinajstić information content (AvgIpc) is 2.69. The highest BCUT2D eigenvalue weighted by atomic mass is 16.5. The van der Waals surface area contributed by atoms with Gasteiger partial charge in [0.05, 0.1) is 13.2 Å². The Bertz CT molecular complexity index is 585. The van der Waals surface area contributed by atoms with E-state index in [1.807, 2.05) is 31.2 Å². The number of aliphatic imine (C=N–C) groups is 1. The molecule has 0 aliphatic carbocycles. The van der Waals surface area contributed by atoms with E-state index >= 15 is 0 Å². The van der Waals surface area contributed by atoms with Gasteiger partial charge in [-0.25, -0.2) is 0 Å². The molecule has 1 aromatic carbocycles. The molecule has 0 saturated carbocycles. The maximum atomic E-state index is 12.1. The zero-order valence-corrected chi connectivity index (χ0v) is 15.9. The lowest BCUT2D eigenvalue weighted by molar-refractivity contribution is 0.0389. The Labute approximate surface area is 156 Å². The lowest BCUT2D eigenvalue weighted by atomic mass is 10.1. The van der Waals surface area contributed by atoms with Crippen LogP contribution in [0.4, 0.5) is 0 Å². The van der Waals surface area contributed by atoms with Crippen LogP contribution in [-0.2, 0) is 11.3 Å². The Hall–Kier alpha value is -2.12. The first kappa shape index (κ1) is 20.2. The van der Waals surface area contributed by atoms with Gasteiger partial charge in [-0.2, -0.15) is 0 Å². The van der Waals surface area contributed by atoms with Crippen molar-refractivity contribution < 1.29 is 9.53 Å². The molecular weight excluding hydrogens is 330 g/mol. The molecule has 3 N–H and O–H groups in total. The predicted molar refractivity (Wildman–Crippen MR) is 105 cm³/mol. The number of carbonyl (C=O) groups is 1. The summed E-state index contributed by atoms with van der Waals surface area (Å²) in [7, 11) is 1.76. The minimum absolute atomic E-state index is 0.0262. The SMILES string of the molecule is CCCNC(=O)c1cccc(CNC(=NC)NCCN2CCOCC2)c1. The molecule has 1 amide bonds. The van der Waals surface area contributed by atoms with E-state index in [4.69, 9.17) is 4.74 Å². The highest BCUT2D eigenvalue weighted by Gasteiger charge is 2.10. The first-order chi connectivity index (χ1) is 12.7. The van der Waals surface area contributed by atoms with Gasteiger partial charge < -0.3 is 20.7 Å². The van der Waals surface area contributed by atoms with Gasteiger partial charge in [-0.1, -0.05) is 19.1 Å². The van der Waals surface area contributed by atoms with E-state index in [0.717, 1.165) is 57.3 Å². The van der Waals surface area contributed by atoms with Gasteiger partial charge in [-0.3, -0.25) is 14.7 Å². The van der Waals surface area contributed by atoms with Crippen molar-refractivity contribution in [2.75, 3.05) is 53.0 Å². The van der Waals surface area contributed by atoms with Gasteiger partial charge in [-0.05, 0) is 24.1 Å². The van der Waals surface area contributed by atoms with Crippen molar-refractivity contribution in [2.24, 2.45) is 4.99 Å². The van der Waals surface area contributed by atoms with Crippen LogP contribution >= 0.6 is 0 Å². The maximum Gasteiger partial charge on any atom is 0.251 e. The van der Waals surface area contributed by atoms with Crippen molar-refractivity contribution in [3.8, 4) is 0 Å². The number of morpholine rings is 1. The molecule has 1 saturated heterocycles. The first-order valence-corrected chi connectivity index (χ1v) is 9.34. The zero-order valence-electron chi connectivity index (χ0n) is 15.9. The first-order valence-electron chi connectivity index (χ1n) is 9.34. The van der Waals surface area contributed by atoms with Crippen LogP contribution in [0.5, 0.6) is 0 Å². The van der Waals surface area contributed by atoms with Crippen molar-refractivity contribution >= 4 is 11.9 Å². The fourth-order valence-electron chi connectivity index (χ4n) is 2.73. The summed E-state index contributed by atoms with van der Waals surface area (Å²) in [5, 5.41) is 9.53.